The third-order valence-corrected chi connectivity index (χ3v) is 4.02. The van der Waals surface area contributed by atoms with Crippen molar-refractivity contribution in [1.29, 1.82) is 0 Å². The van der Waals surface area contributed by atoms with Crippen LogP contribution in [0.15, 0.2) is 18.5 Å². The van der Waals surface area contributed by atoms with E-state index in [1.807, 2.05) is 0 Å². The van der Waals surface area contributed by atoms with E-state index in [9.17, 15) is 23.2 Å². The minimum atomic E-state index is -4.97. The lowest BCUT2D eigenvalue weighted by atomic mass is 9.94. The zero-order valence-electron chi connectivity index (χ0n) is 15.8. The molecule has 0 unspecified atom stereocenters. The number of pyridine rings is 1. The van der Waals surface area contributed by atoms with E-state index in [1.165, 1.54) is 34.3 Å². The first-order chi connectivity index (χ1) is 13.1. The van der Waals surface area contributed by atoms with Gasteiger partial charge in [0.25, 0.3) is 0 Å². The molecule has 1 aromatic carbocycles. The molecule has 0 bridgehead atoms. The van der Waals surface area contributed by atoms with Crippen LogP contribution in [0.5, 0.6) is 23.0 Å². The van der Waals surface area contributed by atoms with E-state index >= 15 is 0 Å². The molecule has 0 aliphatic rings. The summed E-state index contributed by atoms with van der Waals surface area (Å²) in [6.07, 6.45) is -3.95. The summed E-state index contributed by atoms with van der Waals surface area (Å²) in [5.41, 5.74) is -2.13. The van der Waals surface area contributed by atoms with Crippen LogP contribution in [0, 0.1) is 12.1 Å². The number of alkyl halides is 3. The summed E-state index contributed by atoms with van der Waals surface area (Å²) in [6.45, 7) is 1.51. The van der Waals surface area contributed by atoms with E-state index in [0.29, 0.717) is 0 Å². The highest BCUT2D eigenvalue weighted by Gasteiger charge is 2.41. The summed E-state index contributed by atoms with van der Waals surface area (Å²) in [7, 11) is 4.97. The van der Waals surface area contributed by atoms with E-state index in [4.69, 9.17) is 18.9 Å². The highest BCUT2D eigenvalue weighted by molar-refractivity contribution is 6.14. The van der Waals surface area contributed by atoms with E-state index in [-0.39, 0.29) is 39.3 Å². The zero-order chi connectivity index (χ0) is 21.2. The van der Waals surface area contributed by atoms with Crippen LogP contribution in [0.3, 0.4) is 0 Å². The van der Waals surface area contributed by atoms with Crippen LogP contribution < -0.4 is 23.7 Å². The van der Waals surface area contributed by atoms with Gasteiger partial charge in [0.1, 0.15) is 5.56 Å². The minimum Gasteiger partial charge on any atom is -0.619 e. The molecule has 0 radical (unpaired) electrons. The number of ketones is 1. The maximum Gasteiger partial charge on any atom is 0.423 e. The van der Waals surface area contributed by atoms with Gasteiger partial charge >= 0.3 is 6.18 Å². The van der Waals surface area contributed by atoms with Crippen molar-refractivity contribution >= 4 is 5.78 Å². The molecule has 2 aromatic rings. The van der Waals surface area contributed by atoms with E-state index in [1.54, 1.807) is 0 Å². The highest BCUT2D eigenvalue weighted by Crippen LogP contribution is 2.44. The molecule has 0 atom stereocenters. The SMILES string of the molecule is COc1cc(C)c(C(=O)c2c(OC)c[n+]([O-])cc2C(F)(F)F)c(OC)c1OC. The fourth-order valence-corrected chi connectivity index (χ4v) is 2.83. The number of nitrogens with zero attached hydrogens (tertiary/aromatic N) is 1. The first-order valence-corrected chi connectivity index (χ1v) is 7.82. The lowest BCUT2D eigenvalue weighted by Gasteiger charge is -2.19. The normalized spacial score (nSPS) is 11.1. The lowest BCUT2D eigenvalue weighted by molar-refractivity contribution is -0.607. The van der Waals surface area contributed by atoms with Crippen molar-refractivity contribution in [2.24, 2.45) is 0 Å². The Morgan fingerprint density at radius 1 is 0.929 bits per heavy atom. The van der Waals surface area contributed by atoms with Crippen molar-refractivity contribution in [3.05, 3.63) is 45.9 Å². The van der Waals surface area contributed by atoms with Crippen LogP contribution in [0.4, 0.5) is 13.2 Å². The Morgan fingerprint density at radius 3 is 1.96 bits per heavy atom. The van der Waals surface area contributed by atoms with Gasteiger partial charge in [0.05, 0.1) is 39.6 Å². The van der Waals surface area contributed by atoms with Crippen LogP contribution in [-0.4, -0.2) is 34.2 Å². The maximum atomic E-state index is 13.5. The zero-order valence-corrected chi connectivity index (χ0v) is 15.8. The molecule has 0 amide bonds. The van der Waals surface area contributed by atoms with Crippen LogP contribution in [0.1, 0.15) is 27.0 Å². The predicted molar refractivity (Wildman–Crippen MR) is 91.2 cm³/mol. The Bertz CT molecular complexity index is 911. The fourth-order valence-electron chi connectivity index (χ4n) is 2.83. The molecule has 152 valence electrons. The number of hydrogen-bond donors (Lipinski definition) is 0. The maximum absolute atomic E-state index is 13.5. The van der Waals surface area contributed by atoms with Crippen LogP contribution >= 0.6 is 0 Å². The van der Waals surface area contributed by atoms with Gasteiger partial charge in [-0.15, -0.1) is 0 Å². The number of benzene rings is 1. The van der Waals surface area contributed by atoms with Gasteiger partial charge in [-0.2, -0.15) is 17.9 Å². The molecule has 0 aliphatic carbocycles. The number of rotatable bonds is 6. The summed E-state index contributed by atoms with van der Waals surface area (Å²) in [5, 5.41) is 11.6. The molecule has 0 N–H and O–H groups in total. The molecule has 1 aromatic heterocycles. The molecule has 7 nitrogen and oxygen atoms in total. The highest BCUT2D eigenvalue weighted by atomic mass is 19.4. The summed E-state index contributed by atoms with van der Waals surface area (Å²) < 4.78 is 61.0. The van der Waals surface area contributed by atoms with Crippen LogP contribution in [0.25, 0.3) is 0 Å². The smallest absolute Gasteiger partial charge is 0.423 e. The van der Waals surface area contributed by atoms with Crippen molar-refractivity contribution in [3.8, 4) is 23.0 Å². The standard InChI is InChI=1S/C18H18F3NO6/c1-9-6-11(25-2)16(27-4)17(28-5)13(9)15(23)14-10(18(19,20)21)7-22(24)8-12(14)26-3/h6-8H,1-5H3. The Hall–Kier alpha value is -3.17. The largest absolute Gasteiger partial charge is 0.619 e. The number of carbonyl (C=O) groups is 1. The minimum absolute atomic E-state index is 0.0429. The molecular weight excluding hydrogens is 383 g/mol. The van der Waals surface area contributed by atoms with E-state index in [2.05, 4.69) is 0 Å². The Morgan fingerprint density at radius 2 is 1.50 bits per heavy atom. The molecule has 28 heavy (non-hydrogen) atoms. The van der Waals surface area contributed by atoms with Gasteiger partial charge in [-0.3, -0.25) is 4.79 Å². The van der Waals surface area contributed by atoms with E-state index < -0.39 is 28.8 Å². The van der Waals surface area contributed by atoms with Crippen molar-refractivity contribution in [1.82, 2.24) is 0 Å². The summed E-state index contributed by atoms with van der Waals surface area (Å²) in [5.74, 6) is -1.38. The summed E-state index contributed by atoms with van der Waals surface area (Å²) in [4.78, 5) is 13.2. The summed E-state index contributed by atoms with van der Waals surface area (Å²) >= 11 is 0. The molecule has 1 heterocycles. The molecule has 0 spiro atoms. The lowest BCUT2D eigenvalue weighted by Crippen LogP contribution is -2.30. The average Bonchev–Trinajstić information content (AvgIpc) is 2.64. The van der Waals surface area contributed by atoms with Crippen molar-refractivity contribution in [2.45, 2.75) is 13.1 Å². The third-order valence-electron chi connectivity index (χ3n) is 4.02. The quantitative estimate of drug-likeness (QED) is 0.421. The molecule has 2 rings (SSSR count). The number of carbonyl (C=O) groups excluding carboxylic acids is 1. The first-order valence-electron chi connectivity index (χ1n) is 7.82. The Balaban J connectivity index is 2.88. The first kappa shape index (κ1) is 21.1. The van der Waals surface area contributed by atoms with Gasteiger partial charge in [0, 0.05) is 0 Å². The van der Waals surface area contributed by atoms with Gasteiger partial charge < -0.3 is 24.2 Å². The number of halogens is 3. The molecule has 0 saturated heterocycles. The molecular formula is C18H18F3NO6. The third kappa shape index (κ3) is 3.62. The number of aryl methyl sites for hydroxylation is 1. The second kappa shape index (κ2) is 7.83. The summed E-state index contributed by atoms with van der Waals surface area (Å²) in [6, 6.07) is 1.44. The topological polar surface area (TPSA) is 80.9 Å². The van der Waals surface area contributed by atoms with Gasteiger partial charge in [0.2, 0.25) is 17.7 Å². The molecule has 0 fully saturated rings. The Labute approximate surface area is 158 Å². The average molecular weight is 401 g/mol. The van der Waals surface area contributed by atoms with Gasteiger partial charge in [-0.25, -0.2) is 0 Å². The Kier molecular flexibility index (Phi) is 5.91. The molecule has 0 saturated carbocycles. The predicted octanol–water partition coefficient (Wildman–Crippen LogP) is 2.91. The van der Waals surface area contributed by atoms with Crippen molar-refractivity contribution < 1.29 is 41.6 Å². The second-order valence-electron chi connectivity index (χ2n) is 5.64. The number of aromatic nitrogens is 1. The van der Waals surface area contributed by atoms with Crippen molar-refractivity contribution in [2.75, 3.05) is 28.4 Å². The number of hydrogen-bond acceptors (Lipinski definition) is 6. The second-order valence-corrected chi connectivity index (χ2v) is 5.64. The van der Waals surface area contributed by atoms with Crippen LogP contribution in [-0.2, 0) is 6.18 Å². The van der Waals surface area contributed by atoms with Gasteiger partial charge in [0.15, 0.2) is 23.4 Å². The van der Waals surface area contributed by atoms with Crippen LogP contribution in [0.2, 0.25) is 0 Å². The van der Waals surface area contributed by atoms with Crippen molar-refractivity contribution in [3.63, 3.8) is 0 Å². The monoisotopic (exact) mass is 401 g/mol. The number of methoxy groups -OCH3 is 4. The van der Waals surface area contributed by atoms with E-state index in [0.717, 1.165) is 13.3 Å². The van der Waals surface area contributed by atoms with Gasteiger partial charge in [-0.05, 0) is 18.6 Å². The fraction of sp³-hybridized carbons (Fsp3) is 0.333. The molecule has 10 heteroatoms. The van der Waals surface area contributed by atoms with Gasteiger partial charge in [-0.1, -0.05) is 0 Å². The molecule has 0 aliphatic heterocycles. The number of ether oxygens (including phenoxy) is 4.